The largest absolute Gasteiger partial charge is 0.396 e. The van der Waals surface area contributed by atoms with Gasteiger partial charge in [-0.3, -0.25) is 4.79 Å². The van der Waals surface area contributed by atoms with E-state index in [-0.39, 0.29) is 17.3 Å². The number of carbonyl (C=O) groups is 1. The van der Waals surface area contributed by atoms with Crippen LogP contribution in [-0.2, 0) is 0 Å². The van der Waals surface area contributed by atoms with Crippen LogP contribution < -0.4 is 11.1 Å². The monoisotopic (exact) mass is 262 g/mol. The molecule has 0 saturated carbocycles. The fraction of sp³-hybridized carbons (Fsp3) is 0.231. The molecule has 2 rings (SSSR count). The van der Waals surface area contributed by atoms with Gasteiger partial charge in [-0.15, -0.1) is 0 Å². The van der Waals surface area contributed by atoms with Crippen molar-refractivity contribution in [2.45, 2.75) is 19.4 Å². The highest BCUT2D eigenvalue weighted by Gasteiger charge is 2.18. The van der Waals surface area contributed by atoms with Crippen molar-refractivity contribution in [1.82, 2.24) is 15.3 Å². The molecule has 4 N–H and O–H groups in total. The van der Waals surface area contributed by atoms with E-state index in [4.69, 9.17) is 5.73 Å². The van der Waals surface area contributed by atoms with Gasteiger partial charge in [0.1, 0.15) is 11.6 Å². The van der Waals surface area contributed by atoms with Crippen LogP contribution in [-0.4, -0.2) is 15.9 Å². The lowest BCUT2D eigenvalue weighted by molar-refractivity contribution is 0.0934. The van der Waals surface area contributed by atoms with Gasteiger partial charge in [0.2, 0.25) is 0 Å². The molecule has 100 valence electrons. The number of hydrogen-bond acceptors (Lipinski definition) is 3. The number of rotatable bonds is 4. The number of anilines is 1. The van der Waals surface area contributed by atoms with Crippen LogP contribution in [0.2, 0.25) is 0 Å². The molecule has 0 bridgehead atoms. The highest BCUT2D eigenvalue weighted by Crippen LogP contribution is 2.18. The second kappa shape index (κ2) is 5.51. The number of aromatic nitrogens is 2. The number of nitrogens with zero attached hydrogens (tertiary/aromatic N) is 1. The molecule has 0 saturated heterocycles. The fourth-order valence-corrected chi connectivity index (χ4v) is 1.80. The van der Waals surface area contributed by atoms with E-state index in [2.05, 4.69) is 15.3 Å². The smallest absolute Gasteiger partial charge is 0.254 e. The summed E-state index contributed by atoms with van der Waals surface area (Å²) in [6.45, 7) is 1.92. The number of hydrogen-bond donors (Lipinski definition) is 3. The maximum Gasteiger partial charge on any atom is 0.254 e. The second-order valence-electron chi connectivity index (χ2n) is 4.11. The van der Waals surface area contributed by atoms with Crippen molar-refractivity contribution in [3.63, 3.8) is 0 Å². The van der Waals surface area contributed by atoms with Gasteiger partial charge in [0.05, 0.1) is 17.3 Å². The molecule has 6 heteroatoms. The summed E-state index contributed by atoms with van der Waals surface area (Å²) in [5.74, 6) is -0.357. The topological polar surface area (TPSA) is 83.8 Å². The number of H-pyrrole nitrogens is 1. The Hall–Kier alpha value is -2.37. The van der Waals surface area contributed by atoms with E-state index in [1.807, 2.05) is 6.92 Å². The zero-order valence-electron chi connectivity index (χ0n) is 10.5. The lowest BCUT2D eigenvalue weighted by atomic mass is 10.1. The van der Waals surface area contributed by atoms with Crippen LogP contribution in [0, 0.1) is 5.82 Å². The summed E-state index contributed by atoms with van der Waals surface area (Å²) in [5, 5.41) is 2.77. The Morgan fingerprint density at radius 2 is 2.37 bits per heavy atom. The Bertz CT molecular complexity index is 568. The van der Waals surface area contributed by atoms with E-state index < -0.39 is 11.7 Å². The van der Waals surface area contributed by atoms with Gasteiger partial charge in [-0.05, 0) is 18.6 Å². The van der Waals surface area contributed by atoms with E-state index >= 15 is 0 Å². The average molecular weight is 262 g/mol. The lowest BCUT2D eigenvalue weighted by Crippen LogP contribution is -2.29. The molecule has 0 aliphatic rings. The number of imidazole rings is 1. The van der Waals surface area contributed by atoms with Crippen molar-refractivity contribution >= 4 is 11.6 Å². The van der Waals surface area contributed by atoms with Crippen LogP contribution in [0.1, 0.15) is 35.6 Å². The summed E-state index contributed by atoms with van der Waals surface area (Å²) in [6, 6.07) is 3.90. The summed E-state index contributed by atoms with van der Waals surface area (Å²) >= 11 is 0. The normalized spacial score (nSPS) is 12.1. The van der Waals surface area contributed by atoms with Crippen molar-refractivity contribution in [2.24, 2.45) is 0 Å². The number of amides is 1. The van der Waals surface area contributed by atoms with Gasteiger partial charge in [0.25, 0.3) is 5.91 Å². The molecule has 0 radical (unpaired) electrons. The van der Waals surface area contributed by atoms with E-state index in [0.29, 0.717) is 12.2 Å². The lowest BCUT2D eigenvalue weighted by Gasteiger charge is -2.15. The van der Waals surface area contributed by atoms with E-state index in [1.54, 1.807) is 12.4 Å². The van der Waals surface area contributed by atoms with Crippen LogP contribution in [0.3, 0.4) is 0 Å². The first-order valence-electron chi connectivity index (χ1n) is 5.97. The molecule has 0 aliphatic carbocycles. The SMILES string of the molecule is CCC(NC(=O)c1cccc(F)c1N)c1ncc[nH]1. The molecule has 0 fully saturated rings. The molecular weight excluding hydrogens is 247 g/mol. The molecule has 0 spiro atoms. The summed E-state index contributed by atoms with van der Waals surface area (Å²) in [6.07, 6.45) is 3.95. The van der Waals surface area contributed by atoms with Gasteiger partial charge < -0.3 is 16.0 Å². The van der Waals surface area contributed by atoms with Gasteiger partial charge in [0.15, 0.2) is 0 Å². The average Bonchev–Trinajstić information content (AvgIpc) is 2.92. The standard InChI is InChI=1S/C13H15FN4O/c1-2-10(12-16-6-7-17-12)18-13(19)8-4-3-5-9(14)11(8)15/h3-7,10H,2,15H2,1H3,(H,16,17)(H,18,19). The number of nitrogens with one attached hydrogen (secondary N) is 2. The minimum atomic E-state index is -0.598. The third-order valence-corrected chi connectivity index (χ3v) is 2.86. The Kier molecular flexibility index (Phi) is 3.79. The van der Waals surface area contributed by atoms with Gasteiger partial charge in [-0.2, -0.15) is 0 Å². The van der Waals surface area contributed by atoms with E-state index in [0.717, 1.165) is 0 Å². The number of carbonyl (C=O) groups excluding carboxylic acids is 1. The van der Waals surface area contributed by atoms with Crippen LogP contribution >= 0.6 is 0 Å². The fourth-order valence-electron chi connectivity index (χ4n) is 1.80. The first kappa shape index (κ1) is 13.1. The first-order valence-corrected chi connectivity index (χ1v) is 5.97. The molecule has 1 heterocycles. The summed E-state index contributed by atoms with van der Waals surface area (Å²) < 4.78 is 13.3. The van der Waals surface area contributed by atoms with Crippen molar-refractivity contribution < 1.29 is 9.18 Å². The van der Waals surface area contributed by atoms with Crippen molar-refractivity contribution in [1.29, 1.82) is 0 Å². The molecule has 2 aromatic rings. The Labute approximate surface area is 110 Å². The minimum absolute atomic E-state index is 0.130. The third kappa shape index (κ3) is 2.73. The number of halogens is 1. The highest BCUT2D eigenvalue weighted by atomic mass is 19.1. The van der Waals surface area contributed by atoms with Crippen molar-refractivity contribution in [3.05, 3.63) is 47.8 Å². The highest BCUT2D eigenvalue weighted by molar-refractivity contribution is 5.99. The van der Waals surface area contributed by atoms with Gasteiger partial charge in [-0.25, -0.2) is 9.37 Å². The number of para-hydroxylation sites is 1. The molecule has 19 heavy (non-hydrogen) atoms. The molecule has 1 atom stereocenters. The number of nitrogen functional groups attached to an aromatic ring is 1. The van der Waals surface area contributed by atoms with Gasteiger partial charge in [0, 0.05) is 12.4 Å². The van der Waals surface area contributed by atoms with Crippen molar-refractivity contribution in [2.75, 3.05) is 5.73 Å². The Balaban J connectivity index is 2.18. The summed E-state index contributed by atoms with van der Waals surface area (Å²) in [7, 11) is 0. The predicted octanol–water partition coefficient (Wildman–Crippen LogP) is 2.01. The molecule has 1 unspecified atom stereocenters. The molecule has 0 aliphatic heterocycles. The predicted molar refractivity (Wildman–Crippen MR) is 69.9 cm³/mol. The number of aromatic amines is 1. The molecule has 1 aromatic heterocycles. The maximum absolute atomic E-state index is 13.3. The minimum Gasteiger partial charge on any atom is -0.396 e. The second-order valence-corrected chi connectivity index (χ2v) is 4.11. The third-order valence-electron chi connectivity index (χ3n) is 2.86. The molecule has 5 nitrogen and oxygen atoms in total. The molecular formula is C13H15FN4O. The van der Waals surface area contributed by atoms with Crippen LogP contribution in [0.5, 0.6) is 0 Å². The Morgan fingerprint density at radius 1 is 1.58 bits per heavy atom. The summed E-state index contributed by atoms with van der Waals surface area (Å²) in [4.78, 5) is 19.1. The Morgan fingerprint density at radius 3 is 3.00 bits per heavy atom. The summed E-state index contributed by atoms with van der Waals surface area (Å²) in [5.41, 5.74) is 5.55. The quantitative estimate of drug-likeness (QED) is 0.737. The van der Waals surface area contributed by atoms with Crippen LogP contribution in [0.25, 0.3) is 0 Å². The van der Waals surface area contributed by atoms with Crippen LogP contribution in [0.4, 0.5) is 10.1 Å². The zero-order chi connectivity index (χ0) is 13.8. The van der Waals surface area contributed by atoms with Crippen molar-refractivity contribution in [3.8, 4) is 0 Å². The molecule has 1 amide bonds. The number of nitrogens with two attached hydrogens (primary N) is 1. The van der Waals surface area contributed by atoms with Gasteiger partial charge in [-0.1, -0.05) is 13.0 Å². The van der Waals surface area contributed by atoms with E-state index in [1.165, 1.54) is 18.2 Å². The zero-order valence-corrected chi connectivity index (χ0v) is 10.5. The van der Waals surface area contributed by atoms with Crippen LogP contribution in [0.15, 0.2) is 30.6 Å². The molecule has 1 aromatic carbocycles. The maximum atomic E-state index is 13.3. The van der Waals surface area contributed by atoms with E-state index in [9.17, 15) is 9.18 Å². The van der Waals surface area contributed by atoms with Gasteiger partial charge >= 0.3 is 0 Å². The number of benzene rings is 1. The first-order chi connectivity index (χ1) is 9.13.